The molecule has 0 aliphatic carbocycles. The average molecular weight is 281 g/mol. The van der Waals surface area contributed by atoms with Gasteiger partial charge >= 0.3 is 6.98 Å². The van der Waals surface area contributed by atoms with Gasteiger partial charge in [0.05, 0.1) is 11.5 Å². The minimum absolute atomic E-state index is 0.0544. The van der Waals surface area contributed by atoms with Crippen molar-refractivity contribution in [3.63, 3.8) is 0 Å². The van der Waals surface area contributed by atoms with E-state index in [1.165, 1.54) is 25.1 Å². The minimum atomic E-state index is -5.16. The van der Waals surface area contributed by atoms with Crippen LogP contribution in [0.15, 0.2) is 24.3 Å². The lowest BCUT2D eigenvalue weighted by atomic mass is 9.79. The number of halogens is 3. The second-order valence-electron chi connectivity index (χ2n) is 3.70. The maximum absolute atomic E-state index is 12.6. The Kier molecular flexibility index (Phi) is 4.67. The molecule has 102 valence electrons. The third-order valence-corrected chi connectivity index (χ3v) is 4.03. The molecule has 0 bridgehead atoms. The van der Waals surface area contributed by atoms with E-state index in [1.54, 1.807) is 0 Å². The second-order valence-corrected chi connectivity index (χ2v) is 6.17. The first-order chi connectivity index (χ1) is 8.26. The van der Waals surface area contributed by atoms with E-state index in [1.807, 2.05) is 0 Å². The second kappa shape index (κ2) is 5.64. The third-order valence-electron chi connectivity index (χ3n) is 2.36. The van der Waals surface area contributed by atoms with Crippen LogP contribution in [-0.4, -0.2) is 33.5 Å². The Morgan fingerprint density at radius 1 is 1.22 bits per heavy atom. The summed E-state index contributed by atoms with van der Waals surface area (Å²) in [5.74, 6) is -0.666. The number of hydrogen-bond acceptors (Lipinski definition) is 3. The minimum Gasteiger partial charge on any atom is -0.496 e. The first-order valence-corrected chi connectivity index (χ1v) is 7.20. The van der Waals surface area contributed by atoms with Crippen LogP contribution >= 0.6 is 0 Å². The molecule has 18 heavy (non-hydrogen) atoms. The van der Waals surface area contributed by atoms with Crippen LogP contribution in [0.4, 0.5) is 12.9 Å². The molecule has 0 fully saturated rings. The van der Waals surface area contributed by atoms with Gasteiger partial charge in [-0.15, -0.1) is 0 Å². The molecule has 0 aliphatic heterocycles. The number of sulfone groups is 1. The summed E-state index contributed by atoms with van der Waals surface area (Å²) in [6.45, 7) is -3.97. The molecule has 0 N–H and O–H groups in total. The highest BCUT2D eigenvalue weighted by Gasteiger charge is 2.28. The molecule has 0 aromatic heterocycles. The van der Waals surface area contributed by atoms with E-state index < -0.39 is 22.3 Å². The van der Waals surface area contributed by atoms with E-state index in [-0.39, 0.29) is 23.9 Å². The van der Waals surface area contributed by atoms with Crippen molar-refractivity contribution in [2.45, 2.75) is 6.92 Å². The van der Waals surface area contributed by atoms with Crippen LogP contribution in [-0.2, 0) is 9.84 Å². The number of para-hydroxylation sites is 1. The highest BCUT2D eigenvalue weighted by Crippen LogP contribution is 2.17. The first kappa shape index (κ1) is 14.9. The van der Waals surface area contributed by atoms with Crippen LogP contribution < -0.4 is 10.2 Å². The quantitative estimate of drug-likeness (QED) is 0.743. The molecule has 1 aromatic rings. The van der Waals surface area contributed by atoms with Crippen LogP contribution in [0.2, 0.25) is 0 Å². The van der Waals surface area contributed by atoms with Crippen LogP contribution in [0.25, 0.3) is 0 Å². The molecule has 0 spiro atoms. The smallest absolute Gasteiger partial charge is 0.496 e. The van der Waals surface area contributed by atoms with Gasteiger partial charge in [0.1, 0.15) is 6.61 Å². The van der Waals surface area contributed by atoms with E-state index in [9.17, 15) is 21.4 Å². The molecular formula is C10H13BF3O3S-. The summed E-state index contributed by atoms with van der Waals surface area (Å²) < 4.78 is 65.2. The van der Waals surface area contributed by atoms with Crippen molar-refractivity contribution in [2.75, 3.05) is 18.1 Å². The van der Waals surface area contributed by atoms with Crippen LogP contribution in [0.3, 0.4) is 0 Å². The summed E-state index contributed by atoms with van der Waals surface area (Å²) in [6, 6.07) is 4.78. The van der Waals surface area contributed by atoms with Crippen molar-refractivity contribution < 1.29 is 26.1 Å². The summed E-state index contributed by atoms with van der Waals surface area (Å²) >= 11 is 0. The Labute approximate surface area is 104 Å². The summed E-state index contributed by atoms with van der Waals surface area (Å²) in [6.07, 6.45) is 0. The molecule has 8 heteroatoms. The van der Waals surface area contributed by atoms with Gasteiger partial charge < -0.3 is 17.7 Å². The van der Waals surface area contributed by atoms with Gasteiger partial charge in [-0.3, -0.25) is 0 Å². The van der Waals surface area contributed by atoms with E-state index in [0.29, 0.717) is 0 Å². The SMILES string of the molecule is CCS(=O)(=O)CCOc1ccccc1[B-](F)(F)F. The summed E-state index contributed by atoms with van der Waals surface area (Å²) in [5, 5.41) is 0. The molecular weight excluding hydrogens is 268 g/mol. The Hall–Kier alpha value is -1.18. The lowest BCUT2D eigenvalue weighted by Gasteiger charge is -2.19. The van der Waals surface area contributed by atoms with Crippen LogP contribution in [0.1, 0.15) is 6.92 Å². The normalized spacial score (nSPS) is 12.4. The van der Waals surface area contributed by atoms with Crippen molar-refractivity contribution in [2.24, 2.45) is 0 Å². The average Bonchev–Trinajstić information content (AvgIpc) is 2.28. The molecule has 3 nitrogen and oxygen atoms in total. The molecule has 0 heterocycles. The lowest BCUT2D eigenvalue weighted by molar-refractivity contribution is 0.341. The largest absolute Gasteiger partial charge is 0.513 e. The topological polar surface area (TPSA) is 43.4 Å². The Morgan fingerprint density at radius 3 is 2.39 bits per heavy atom. The number of benzene rings is 1. The Balaban J connectivity index is 2.75. The van der Waals surface area contributed by atoms with Gasteiger partial charge in [-0.1, -0.05) is 30.6 Å². The molecule has 0 atom stereocenters. The monoisotopic (exact) mass is 281 g/mol. The summed E-state index contributed by atoms with van der Waals surface area (Å²) in [5.41, 5.74) is -0.841. The van der Waals surface area contributed by atoms with Gasteiger partial charge in [0.25, 0.3) is 0 Å². The number of hydrogen-bond donors (Lipinski definition) is 0. The molecule has 0 saturated carbocycles. The van der Waals surface area contributed by atoms with E-state index >= 15 is 0 Å². The van der Waals surface area contributed by atoms with Crippen molar-refractivity contribution in [1.82, 2.24) is 0 Å². The Bertz CT molecular complexity index is 499. The van der Waals surface area contributed by atoms with Crippen molar-refractivity contribution >= 4 is 22.3 Å². The zero-order chi connectivity index (χ0) is 13.8. The van der Waals surface area contributed by atoms with Crippen LogP contribution in [0.5, 0.6) is 5.75 Å². The van der Waals surface area contributed by atoms with Gasteiger partial charge in [0, 0.05) is 5.75 Å². The predicted octanol–water partition coefficient (Wildman–Crippen LogP) is 1.55. The number of ether oxygens (including phenoxy) is 1. The van der Waals surface area contributed by atoms with E-state index in [2.05, 4.69) is 0 Å². The maximum atomic E-state index is 12.6. The zero-order valence-corrected chi connectivity index (χ0v) is 10.6. The van der Waals surface area contributed by atoms with Gasteiger partial charge in [-0.05, 0) is 6.07 Å². The molecule has 0 radical (unpaired) electrons. The van der Waals surface area contributed by atoms with Gasteiger partial charge in [-0.2, -0.15) is 0 Å². The summed E-state index contributed by atoms with van der Waals surface area (Å²) in [7, 11) is -3.24. The molecule has 0 unspecified atom stereocenters. The lowest BCUT2D eigenvalue weighted by Crippen LogP contribution is -2.35. The highest BCUT2D eigenvalue weighted by atomic mass is 32.2. The van der Waals surface area contributed by atoms with Gasteiger partial charge in [0.2, 0.25) is 0 Å². The molecule has 0 saturated heterocycles. The van der Waals surface area contributed by atoms with Crippen molar-refractivity contribution in [3.8, 4) is 5.75 Å². The molecule has 1 rings (SSSR count). The fourth-order valence-electron chi connectivity index (χ4n) is 1.31. The Morgan fingerprint density at radius 2 is 1.83 bits per heavy atom. The van der Waals surface area contributed by atoms with E-state index in [0.717, 1.165) is 6.07 Å². The zero-order valence-electron chi connectivity index (χ0n) is 9.77. The fourth-order valence-corrected chi connectivity index (χ4v) is 1.93. The van der Waals surface area contributed by atoms with Crippen LogP contribution in [0, 0.1) is 0 Å². The highest BCUT2D eigenvalue weighted by molar-refractivity contribution is 7.91. The van der Waals surface area contributed by atoms with Gasteiger partial charge in [-0.25, -0.2) is 8.42 Å². The van der Waals surface area contributed by atoms with Gasteiger partial charge in [0.15, 0.2) is 9.84 Å². The molecule has 0 amide bonds. The molecule has 1 aromatic carbocycles. The third kappa shape index (κ3) is 4.25. The molecule has 0 aliphatic rings. The number of rotatable bonds is 6. The fraction of sp³-hybridized carbons (Fsp3) is 0.400. The van der Waals surface area contributed by atoms with E-state index in [4.69, 9.17) is 4.74 Å². The van der Waals surface area contributed by atoms with Crippen molar-refractivity contribution in [3.05, 3.63) is 24.3 Å². The predicted molar refractivity (Wildman–Crippen MR) is 65.0 cm³/mol. The standard InChI is InChI=1S/C10H13BF3O3S/c1-2-18(15,16)8-7-17-10-6-4-3-5-9(10)11(12,13)14/h3-6H,2,7-8H2,1H3/q-1. The first-order valence-electron chi connectivity index (χ1n) is 5.38. The van der Waals surface area contributed by atoms with Crippen molar-refractivity contribution in [1.29, 1.82) is 0 Å². The summed E-state index contributed by atoms with van der Waals surface area (Å²) in [4.78, 5) is 0. The maximum Gasteiger partial charge on any atom is 0.513 e.